The molecule has 0 bridgehead atoms. The Labute approximate surface area is 187 Å². The van der Waals surface area contributed by atoms with E-state index >= 15 is 0 Å². The van der Waals surface area contributed by atoms with Crippen LogP contribution < -0.4 is 20.1 Å². The van der Waals surface area contributed by atoms with Crippen molar-refractivity contribution in [1.82, 2.24) is 5.32 Å². The van der Waals surface area contributed by atoms with E-state index in [1.807, 2.05) is 25.1 Å². The standard InChI is InChI=1S/C21H26FN3O3.HI/c1-3-23-21(24-14-20(26-2)15-5-7-16(22)8-6-15)25-17-9-10-18-19(13-17)28-12-4-11-27-18;/h5-10,13,20H,3-4,11-12,14H2,1-2H3,(H2,23,24,25);1H. The fourth-order valence-electron chi connectivity index (χ4n) is 2.85. The van der Waals surface area contributed by atoms with Gasteiger partial charge in [0, 0.05) is 31.8 Å². The summed E-state index contributed by atoms with van der Waals surface area (Å²) in [6.07, 6.45) is 0.600. The minimum Gasteiger partial charge on any atom is -0.490 e. The molecule has 3 rings (SSSR count). The third kappa shape index (κ3) is 6.74. The molecule has 0 amide bonds. The third-order valence-electron chi connectivity index (χ3n) is 4.30. The van der Waals surface area contributed by atoms with Crippen molar-refractivity contribution < 1.29 is 18.6 Å². The first-order valence-corrected chi connectivity index (χ1v) is 9.43. The van der Waals surface area contributed by atoms with Gasteiger partial charge in [-0.15, -0.1) is 24.0 Å². The molecule has 1 atom stereocenters. The first-order valence-electron chi connectivity index (χ1n) is 9.43. The van der Waals surface area contributed by atoms with E-state index in [2.05, 4.69) is 15.6 Å². The molecule has 8 heteroatoms. The van der Waals surface area contributed by atoms with Crippen molar-refractivity contribution in [2.24, 2.45) is 4.99 Å². The second kappa shape index (κ2) is 11.8. The van der Waals surface area contributed by atoms with Crippen LogP contribution in [0.15, 0.2) is 47.5 Å². The van der Waals surface area contributed by atoms with Gasteiger partial charge in [-0.2, -0.15) is 0 Å². The number of benzene rings is 2. The average molecular weight is 515 g/mol. The van der Waals surface area contributed by atoms with Gasteiger partial charge in [0.25, 0.3) is 0 Å². The molecule has 0 fully saturated rings. The number of halogens is 2. The zero-order valence-corrected chi connectivity index (χ0v) is 18.9. The molecule has 1 heterocycles. The Hall–Kier alpha value is -2.07. The monoisotopic (exact) mass is 515 g/mol. The van der Waals surface area contributed by atoms with Gasteiger partial charge in [0.05, 0.1) is 19.8 Å². The SMILES string of the molecule is CCNC(=NCC(OC)c1ccc(F)cc1)Nc1ccc2c(c1)OCCCO2.I. The second-order valence-corrected chi connectivity index (χ2v) is 6.33. The van der Waals surface area contributed by atoms with E-state index in [4.69, 9.17) is 14.2 Å². The number of guanidine groups is 1. The maximum absolute atomic E-state index is 13.1. The summed E-state index contributed by atoms with van der Waals surface area (Å²) >= 11 is 0. The van der Waals surface area contributed by atoms with Gasteiger partial charge in [0.15, 0.2) is 17.5 Å². The van der Waals surface area contributed by atoms with Crippen molar-refractivity contribution in [2.45, 2.75) is 19.4 Å². The number of anilines is 1. The quantitative estimate of drug-likeness (QED) is 0.340. The average Bonchev–Trinajstić information content (AvgIpc) is 2.95. The summed E-state index contributed by atoms with van der Waals surface area (Å²) < 4.78 is 30.1. The molecule has 0 aliphatic carbocycles. The van der Waals surface area contributed by atoms with Gasteiger partial charge in [-0.05, 0) is 36.8 Å². The predicted octanol–water partition coefficient (Wildman–Crippen LogP) is 4.37. The maximum Gasteiger partial charge on any atom is 0.195 e. The van der Waals surface area contributed by atoms with E-state index in [9.17, 15) is 4.39 Å². The summed E-state index contributed by atoms with van der Waals surface area (Å²) in [5.74, 6) is 1.83. The highest BCUT2D eigenvalue weighted by Crippen LogP contribution is 2.32. The molecular formula is C21H27FIN3O3. The van der Waals surface area contributed by atoms with E-state index in [0.717, 1.165) is 29.2 Å². The lowest BCUT2D eigenvalue weighted by atomic mass is 10.1. The lowest BCUT2D eigenvalue weighted by Gasteiger charge is -2.16. The smallest absolute Gasteiger partial charge is 0.195 e. The highest BCUT2D eigenvalue weighted by atomic mass is 127. The van der Waals surface area contributed by atoms with Crippen molar-refractivity contribution >= 4 is 35.6 Å². The lowest BCUT2D eigenvalue weighted by molar-refractivity contribution is 0.111. The first-order chi connectivity index (χ1) is 13.7. The molecular weight excluding hydrogens is 488 g/mol. The summed E-state index contributed by atoms with van der Waals surface area (Å²) in [5.41, 5.74) is 1.72. The van der Waals surface area contributed by atoms with Gasteiger partial charge in [-0.1, -0.05) is 12.1 Å². The van der Waals surface area contributed by atoms with Crippen LogP contribution >= 0.6 is 24.0 Å². The summed E-state index contributed by atoms with van der Waals surface area (Å²) in [7, 11) is 1.62. The molecule has 2 aromatic rings. The number of rotatable bonds is 6. The van der Waals surface area contributed by atoms with E-state index in [-0.39, 0.29) is 35.9 Å². The molecule has 1 unspecified atom stereocenters. The lowest BCUT2D eigenvalue weighted by Crippen LogP contribution is -2.31. The molecule has 2 aromatic carbocycles. The molecule has 1 aliphatic rings. The number of nitrogens with zero attached hydrogens (tertiary/aromatic N) is 1. The van der Waals surface area contributed by atoms with Gasteiger partial charge in [-0.25, -0.2) is 9.38 Å². The van der Waals surface area contributed by atoms with Crippen molar-refractivity contribution in [1.29, 1.82) is 0 Å². The fraction of sp³-hybridized carbons (Fsp3) is 0.381. The topological polar surface area (TPSA) is 64.1 Å². The number of hydrogen-bond donors (Lipinski definition) is 2. The van der Waals surface area contributed by atoms with Crippen molar-refractivity contribution in [3.8, 4) is 11.5 Å². The second-order valence-electron chi connectivity index (χ2n) is 6.33. The Balaban J connectivity index is 0.00000300. The van der Waals surface area contributed by atoms with Gasteiger partial charge < -0.3 is 24.8 Å². The van der Waals surface area contributed by atoms with Crippen LogP contribution in [0, 0.1) is 5.82 Å². The number of fused-ring (bicyclic) bond motifs is 1. The molecule has 2 N–H and O–H groups in total. The van der Waals surface area contributed by atoms with Crippen LogP contribution in [-0.2, 0) is 4.74 Å². The van der Waals surface area contributed by atoms with E-state index in [1.165, 1.54) is 12.1 Å². The largest absolute Gasteiger partial charge is 0.490 e. The van der Waals surface area contributed by atoms with Crippen molar-refractivity contribution in [3.05, 3.63) is 53.8 Å². The molecule has 0 aromatic heterocycles. The van der Waals surface area contributed by atoms with E-state index in [1.54, 1.807) is 19.2 Å². The predicted molar refractivity (Wildman–Crippen MR) is 123 cm³/mol. The Morgan fingerprint density at radius 1 is 1.14 bits per heavy atom. The normalized spacial score (nSPS) is 14.4. The Bertz CT molecular complexity index is 802. The molecule has 158 valence electrons. The zero-order chi connectivity index (χ0) is 19.8. The Kier molecular flexibility index (Phi) is 9.46. The Morgan fingerprint density at radius 3 is 2.55 bits per heavy atom. The number of aliphatic imine (C=N–C) groups is 1. The van der Waals surface area contributed by atoms with Crippen LogP contribution in [0.4, 0.5) is 10.1 Å². The van der Waals surface area contributed by atoms with E-state index in [0.29, 0.717) is 32.3 Å². The van der Waals surface area contributed by atoms with Gasteiger partial charge in [-0.3, -0.25) is 0 Å². The molecule has 0 saturated carbocycles. The van der Waals surface area contributed by atoms with Crippen LogP contribution in [0.1, 0.15) is 25.0 Å². The number of methoxy groups -OCH3 is 1. The summed E-state index contributed by atoms with van der Waals surface area (Å²) in [5, 5.41) is 6.49. The summed E-state index contributed by atoms with van der Waals surface area (Å²) in [6.45, 7) is 4.40. The molecule has 0 spiro atoms. The zero-order valence-electron chi connectivity index (χ0n) is 16.6. The van der Waals surface area contributed by atoms with Crippen LogP contribution in [0.5, 0.6) is 11.5 Å². The number of hydrogen-bond acceptors (Lipinski definition) is 4. The van der Waals surface area contributed by atoms with Gasteiger partial charge in [0.2, 0.25) is 0 Å². The number of ether oxygens (including phenoxy) is 3. The highest BCUT2D eigenvalue weighted by molar-refractivity contribution is 14.0. The minimum atomic E-state index is -0.272. The minimum absolute atomic E-state index is 0. The van der Waals surface area contributed by atoms with Crippen LogP contribution in [0.3, 0.4) is 0 Å². The molecule has 29 heavy (non-hydrogen) atoms. The summed E-state index contributed by atoms with van der Waals surface area (Å²) in [6, 6.07) is 12.0. The maximum atomic E-state index is 13.1. The van der Waals surface area contributed by atoms with Crippen LogP contribution in [0.2, 0.25) is 0 Å². The van der Waals surface area contributed by atoms with Crippen LogP contribution in [0.25, 0.3) is 0 Å². The molecule has 1 aliphatic heterocycles. The van der Waals surface area contributed by atoms with Crippen molar-refractivity contribution in [2.75, 3.05) is 38.7 Å². The Morgan fingerprint density at radius 2 is 1.86 bits per heavy atom. The van der Waals surface area contributed by atoms with E-state index < -0.39 is 0 Å². The fourth-order valence-corrected chi connectivity index (χ4v) is 2.85. The van der Waals surface area contributed by atoms with Crippen LogP contribution in [-0.4, -0.2) is 39.4 Å². The number of nitrogens with one attached hydrogen (secondary N) is 2. The van der Waals surface area contributed by atoms with Crippen molar-refractivity contribution in [3.63, 3.8) is 0 Å². The van der Waals surface area contributed by atoms with Gasteiger partial charge in [0.1, 0.15) is 11.9 Å². The third-order valence-corrected chi connectivity index (χ3v) is 4.30. The molecule has 0 saturated heterocycles. The van der Waals surface area contributed by atoms with Gasteiger partial charge >= 0.3 is 0 Å². The first kappa shape index (κ1) is 23.2. The molecule has 0 radical (unpaired) electrons. The molecule has 6 nitrogen and oxygen atoms in total. The highest BCUT2D eigenvalue weighted by Gasteiger charge is 2.13. The summed E-state index contributed by atoms with van der Waals surface area (Å²) in [4.78, 5) is 4.61.